The van der Waals surface area contributed by atoms with Crippen LogP contribution in [0.4, 0.5) is 0 Å². The van der Waals surface area contributed by atoms with E-state index in [0.29, 0.717) is 6.04 Å². The molecule has 1 radical (unpaired) electrons. The van der Waals surface area contributed by atoms with Crippen molar-refractivity contribution in [1.82, 2.24) is 4.90 Å². The van der Waals surface area contributed by atoms with Crippen molar-refractivity contribution in [2.75, 3.05) is 27.2 Å². The molecule has 2 nitrogen and oxygen atoms in total. The van der Waals surface area contributed by atoms with Crippen molar-refractivity contribution >= 4 is 0 Å². The summed E-state index contributed by atoms with van der Waals surface area (Å²) in [5, 5.41) is 4.40. The second kappa shape index (κ2) is 6.07. The zero-order valence-electron chi connectivity index (χ0n) is 8.23. The van der Waals surface area contributed by atoms with E-state index in [1.165, 1.54) is 25.9 Å². The Labute approximate surface area is 88.8 Å². The molecular formula is C9H19N2Ru. The van der Waals surface area contributed by atoms with Crippen molar-refractivity contribution in [3.63, 3.8) is 0 Å². The number of hydrogen-bond acceptors (Lipinski definition) is 1. The van der Waals surface area contributed by atoms with Gasteiger partial charge in [0.15, 0.2) is 0 Å². The van der Waals surface area contributed by atoms with Crippen LogP contribution in [0.3, 0.4) is 0 Å². The average molecular weight is 256 g/mol. The minimum absolute atomic E-state index is 0. The summed E-state index contributed by atoms with van der Waals surface area (Å²) in [7, 11) is 4.14. The number of nitrogens with zero attached hydrogens (tertiary/aromatic N) is 2. The molecule has 1 rings (SSSR count). The molecule has 1 aliphatic rings. The van der Waals surface area contributed by atoms with E-state index in [9.17, 15) is 0 Å². The van der Waals surface area contributed by atoms with E-state index in [-0.39, 0.29) is 19.5 Å². The van der Waals surface area contributed by atoms with Gasteiger partial charge in [-0.1, -0.05) is 19.8 Å². The molecule has 0 amide bonds. The molecule has 1 heterocycles. The molecule has 1 saturated heterocycles. The summed E-state index contributed by atoms with van der Waals surface area (Å²) >= 11 is 0. The summed E-state index contributed by atoms with van der Waals surface area (Å²) < 4.78 is 0. The van der Waals surface area contributed by atoms with E-state index in [0.717, 1.165) is 5.92 Å². The molecule has 1 fully saturated rings. The quantitative estimate of drug-likeness (QED) is 0.703. The Kier molecular flexibility index (Phi) is 6.34. The van der Waals surface area contributed by atoms with Gasteiger partial charge in [-0.05, 0) is 26.1 Å². The fourth-order valence-electron chi connectivity index (χ4n) is 2.01. The first-order valence-electron chi connectivity index (χ1n) is 4.55. The Bertz CT molecular complexity index is 119. The van der Waals surface area contributed by atoms with Crippen molar-refractivity contribution in [2.24, 2.45) is 5.92 Å². The van der Waals surface area contributed by atoms with Gasteiger partial charge in [0.2, 0.25) is 0 Å². The molecule has 73 valence electrons. The maximum absolute atomic E-state index is 4.40. The molecule has 0 bridgehead atoms. The summed E-state index contributed by atoms with van der Waals surface area (Å²) in [5.41, 5.74) is 0. The number of likely N-dealkylation sites (tertiary alicyclic amines) is 1. The smallest absolute Gasteiger partial charge is 0.661 e. The molecule has 0 aromatic rings. The van der Waals surface area contributed by atoms with Crippen LogP contribution in [0.5, 0.6) is 0 Å². The van der Waals surface area contributed by atoms with Crippen LogP contribution in [0.15, 0.2) is 0 Å². The molecule has 0 aromatic carbocycles. The second-order valence-corrected chi connectivity index (χ2v) is 3.60. The van der Waals surface area contributed by atoms with Crippen LogP contribution in [0, 0.1) is 5.92 Å². The van der Waals surface area contributed by atoms with Gasteiger partial charge in [0.1, 0.15) is 0 Å². The second-order valence-electron chi connectivity index (χ2n) is 3.60. The zero-order valence-corrected chi connectivity index (χ0v) is 9.97. The van der Waals surface area contributed by atoms with Crippen LogP contribution in [0.25, 0.3) is 5.32 Å². The van der Waals surface area contributed by atoms with Crippen molar-refractivity contribution in [3.8, 4) is 0 Å². The first-order chi connectivity index (χ1) is 5.27. The zero-order chi connectivity index (χ0) is 8.27. The molecular weight excluding hydrogens is 237 g/mol. The SMILES string of the molecule is CCCC1CN(C)CC1[N-]C.[Ru+]. The maximum atomic E-state index is 4.40. The monoisotopic (exact) mass is 257 g/mol. The summed E-state index contributed by atoms with van der Waals surface area (Å²) in [4.78, 5) is 2.39. The van der Waals surface area contributed by atoms with E-state index >= 15 is 0 Å². The number of hydrogen-bond donors (Lipinski definition) is 0. The van der Waals surface area contributed by atoms with Crippen molar-refractivity contribution < 1.29 is 19.5 Å². The van der Waals surface area contributed by atoms with Crippen molar-refractivity contribution in [2.45, 2.75) is 25.8 Å². The standard InChI is InChI=1S/C9H19N2.Ru/c1-4-5-8-6-11(3)7-9(8)10-2;/h8-9H,4-7H2,1-3H3;/q-1;+1. The molecule has 2 unspecified atom stereocenters. The molecule has 0 aliphatic carbocycles. The normalized spacial score (nSPS) is 30.2. The predicted molar refractivity (Wildman–Crippen MR) is 49.0 cm³/mol. The van der Waals surface area contributed by atoms with Gasteiger partial charge in [-0.2, -0.15) is 7.05 Å². The molecule has 0 N–H and O–H groups in total. The summed E-state index contributed by atoms with van der Waals surface area (Å²) in [5.74, 6) is 0.829. The molecule has 12 heavy (non-hydrogen) atoms. The average Bonchev–Trinajstić information content (AvgIpc) is 2.32. The van der Waals surface area contributed by atoms with Gasteiger partial charge in [-0.25, -0.2) is 0 Å². The maximum Gasteiger partial charge on any atom is 1.00 e. The summed E-state index contributed by atoms with van der Waals surface area (Å²) in [6.07, 6.45) is 2.64. The van der Waals surface area contributed by atoms with Crippen LogP contribution in [-0.2, 0) is 19.5 Å². The Morgan fingerprint density at radius 2 is 2.08 bits per heavy atom. The van der Waals surface area contributed by atoms with Crippen molar-refractivity contribution in [1.29, 1.82) is 0 Å². The molecule has 0 spiro atoms. The van der Waals surface area contributed by atoms with E-state index < -0.39 is 0 Å². The molecule has 0 aromatic heterocycles. The Hall–Kier alpha value is 0.543. The molecule has 1 aliphatic heterocycles. The largest absolute Gasteiger partial charge is 1.00 e. The predicted octanol–water partition coefficient (Wildman–Crippen LogP) is 1.72. The summed E-state index contributed by atoms with van der Waals surface area (Å²) in [6, 6.07) is 0.611. The number of likely N-dealkylation sites (N-methyl/N-ethyl adjacent to an activating group) is 2. The Balaban J connectivity index is 0.00000121. The van der Waals surface area contributed by atoms with Gasteiger partial charge >= 0.3 is 19.5 Å². The Morgan fingerprint density at radius 1 is 1.42 bits per heavy atom. The third-order valence-electron chi connectivity index (χ3n) is 2.58. The van der Waals surface area contributed by atoms with Gasteiger partial charge in [0.05, 0.1) is 0 Å². The van der Waals surface area contributed by atoms with Crippen LogP contribution >= 0.6 is 0 Å². The fraction of sp³-hybridized carbons (Fsp3) is 1.00. The van der Waals surface area contributed by atoms with Gasteiger partial charge in [-0.15, -0.1) is 6.04 Å². The topological polar surface area (TPSA) is 17.3 Å². The van der Waals surface area contributed by atoms with E-state index in [1.807, 2.05) is 7.05 Å². The van der Waals surface area contributed by atoms with E-state index in [2.05, 4.69) is 24.2 Å². The summed E-state index contributed by atoms with van der Waals surface area (Å²) in [6.45, 7) is 4.67. The molecule has 3 heteroatoms. The molecule has 0 saturated carbocycles. The Morgan fingerprint density at radius 3 is 2.58 bits per heavy atom. The van der Waals surface area contributed by atoms with Crippen LogP contribution in [0.1, 0.15) is 19.8 Å². The van der Waals surface area contributed by atoms with Gasteiger partial charge in [-0.3, -0.25) is 0 Å². The van der Waals surface area contributed by atoms with Gasteiger partial charge < -0.3 is 10.2 Å². The third kappa shape index (κ3) is 3.12. The molecule has 2 atom stereocenters. The van der Waals surface area contributed by atoms with E-state index in [4.69, 9.17) is 0 Å². The number of rotatable bonds is 3. The first kappa shape index (κ1) is 12.5. The van der Waals surface area contributed by atoms with Crippen LogP contribution < -0.4 is 0 Å². The van der Waals surface area contributed by atoms with Crippen LogP contribution in [-0.4, -0.2) is 38.1 Å². The first-order valence-corrected chi connectivity index (χ1v) is 4.55. The van der Waals surface area contributed by atoms with Crippen LogP contribution in [0.2, 0.25) is 0 Å². The van der Waals surface area contributed by atoms with Gasteiger partial charge in [0, 0.05) is 0 Å². The fourth-order valence-corrected chi connectivity index (χ4v) is 2.01. The minimum atomic E-state index is 0. The van der Waals surface area contributed by atoms with Gasteiger partial charge in [0.25, 0.3) is 0 Å². The van der Waals surface area contributed by atoms with E-state index in [1.54, 1.807) is 0 Å². The van der Waals surface area contributed by atoms with Crippen molar-refractivity contribution in [3.05, 3.63) is 5.32 Å². The minimum Gasteiger partial charge on any atom is -0.661 e. The third-order valence-corrected chi connectivity index (χ3v) is 2.58.